The number of sulfonamides is 1. The first kappa shape index (κ1) is 20.8. The van der Waals surface area contributed by atoms with Gasteiger partial charge in [0.15, 0.2) is 0 Å². The van der Waals surface area contributed by atoms with E-state index in [9.17, 15) is 18.5 Å². The molecule has 8 heteroatoms. The summed E-state index contributed by atoms with van der Waals surface area (Å²) in [5.41, 5.74) is 0.564. The number of carbonyl (C=O) groups excluding carboxylic acids is 1. The molecule has 0 spiro atoms. The summed E-state index contributed by atoms with van der Waals surface area (Å²) in [6.07, 6.45) is 0. The minimum Gasteiger partial charge on any atom is -0.496 e. The molecule has 3 aromatic carbocycles. The van der Waals surface area contributed by atoms with Gasteiger partial charge in [0.1, 0.15) is 11.8 Å². The Morgan fingerprint density at radius 1 is 0.968 bits per heavy atom. The third-order valence-electron chi connectivity index (χ3n) is 5.45. The van der Waals surface area contributed by atoms with Gasteiger partial charge in [0.05, 0.1) is 23.1 Å². The molecule has 31 heavy (non-hydrogen) atoms. The zero-order chi connectivity index (χ0) is 22.0. The van der Waals surface area contributed by atoms with E-state index in [0.717, 1.165) is 10.8 Å². The van der Waals surface area contributed by atoms with Gasteiger partial charge in [-0.15, -0.1) is 0 Å². The van der Waals surface area contributed by atoms with Crippen molar-refractivity contribution in [2.24, 2.45) is 0 Å². The molecule has 1 fully saturated rings. The summed E-state index contributed by atoms with van der Waals surface area (Å²) in [7, 11) is -2.29. The highest BCUT2D eigenvalue weighted by molar-refractivity contribution is 7.89. The first-order valence-corrected chi connectivity index (χ1v) is 11.2. The van der Waals surface area contributed by atoms with Crippen molar-refractivity contribution in [1.82, 2.24) is 9.21 Å². The molecule has 0 N–H and O–H groups in total. The predicted molar refractivity (Wildman–Crippen MR) is 116 cm³/mol. The van der Waals surface area contributed by atoms with E-state index in [1.807, 2.05) is 42.5 Å². The van der Waals surface area contributed by atoms with Crippen LogP contribution in [0.3, 0.4) is 0 Å². The van der Waals surface area contributed by atoms with Gasteiger partial charge in [-0.05, 0) is 35.0 Å². The van der Waals surface area contributed by atoms with E-state index in [2.05, 4.69) is 0 Å². The summed E-state index contributed by atoms with van der Waals surface area (Å²) in [5.74, 6) is 0.291. The molecule has 0 saturated carbocycles. The predicted octanol–water partition coefficient (Wildman–Crippen LogP) is 2.87. The highest BCUT2D eigenvalue weighted by atomic mass is 32.2. The van der Waals surface area contributed by atoms with Crippen molar-refractivity contribution < 1.29 is 17.9 Å². The van der Waals surface area contributed by atoms with Crippen LogP contribution in [0.25, 0.3) is 10.8 Å². The van der Waals surface area contributed by atoms with Gasteiger partial charge in [-0.2, -0.15) is 9.57 Å². The number of nitrogens with zero attached hydrogens (tertiary/aromatic N) is 3. The molecule has 4 rings (SSSR count). The Morgan fingerprint density at radius 3 is 2.23 bits per heavy atom. The van der Waals surface area contributed by atoms with Crippen LogP contribution in [0.15, 0.2) is 65.6 Å². The summed E-state index contributed by atoms with van der Waals surface area (Å²) in [6.45, 7) is 0.818. The first-order chi connectivity index (χ1) is 15.0. The number of amides is 1. The van der Waals surface area contributed by atoms with Crippen LogP contribution in [-0.2, 0) is 10.0 Å². The summed E-state index contributed by atoms with van der Waals surface area (Å²) in [5, 5.41) is 11.2. The number of benzene rings is 3. The number of ether oxygens (including phenoxy) is 1. The number of rotatable bonds is 4. The smallest absolute Gasteiger partial charge is 0.257 e. The fourth-order valence-corrected chi connectivity index (χ4v) is 5.34. The van der Waals surface area contributed by atoms with Crippen molar-refractivity contribution in [3.05, 3.63) is 71.8 Å². The van der Waals surface area contributed by atoms with Crippen LogP contribution in [0.2, 0.25) is 0 Å². The van der Waals surface area contributed by atoms with Gasteiger partial charge in [0.25, 0.3) is 5.91 Å². The van der Waals surface area contributed by atoms with Gasteiger partial charge in [-0.1, -0.05) is 36.4 Å². The van der Waals surface area contributed by atoms with Gasteiger partial charge in [-0.3, -0.25) is 4.79 Å². The van der Waals surface area contributed by atoms with Crippen LogP contribution in [-0.4, -0.2) is 56.8 Å². The van der Waals surface area contributed by atoms with Gasteiger partial charge < -0.3 is 9.64 Å². The molecule has 0 unspecified atom stereocenters. The SMILES string of the molecule is COc1cc2ccccc2cc1C(=O)N1CCN(S(=O)(=O)c2ccccc2C#N)CC1. The Morgan fingerprint density at radius 2 is 1.58 bits per heavy atom. The van der Waals surface area contributed by atoms with Crippen molar-refractivity contribution in [1.29, 1.82) is 5.26 Å². The zero-order valence-electron chi connectivity index (χ0n) is 17.0. The average Bonchev–Trinajstić information content (AvgIpc) is 2.82. The molecule has 1 amide bonds. The van der Waals surface area contributed by atoms with E-state index in [0.29, 0.717) is 11.3 Å². The maximum atomic E-state index is 13.2. The van der Waals surface area contributed by atoms with E-state index in [4.69, 9.17) is 4.74 Å². The lowest BCUT2D eigenvalue weighted by molar-refractivity contribution is 0.0694. The fourth-order valence-electron chi connectivity index (χ4n) is 3.78. The highest BCUT2D eigenvalue weighted by Crippen LogP contribution is 2.28. The second-order valence-corrected chi connectivity index (χ2v) is 9.11. The Balaban J connectivity index is 1.55. The molecule has 0 atom stereocenters. The van der Waals surface area contributed by atoms with E-state index in [-0.39, 0.29) is 42.5 Å². The van der Waals surface area contributed by atoms with Crippen LogP contribution in [0.1, 0.15) is 15.9 Å². The number of hydrogen-bond acceptors (Lipinski definition) is 5. The summed E-state index contributed by atoms with van der Waals surface area (Å²) < 4.78 is 32.8. The molecule has 1 aliphatic rings. The first-order valence-electron chi connectivity index (χ1n) is 9.81. The van der Waals surface area contributed by atoms with Gasteiger partial charge >= 0.3 is 0 Å². The molecule has 7 nitrogen and oxygen atoms in total. The molecule has 3 aromatic rings. The summed E-state index contributed by atoms with van der Waals surface area (Å²) >= 11 is 0. The molecule has 1 saturated heterocycles. The quantitative estimate of drug-likeness (QED) is 0.629. The number of hydrogen-bond donors (Lipinski definition) is 0. The third kappa shape index (κ3) is 3.85. The van der Waals surface area contributed by atoms with E-state index < -0.39 is 10.0 Å². The van der Waals surface area contributed by atoms with E-state index in [1.165, 1.54) is 23.5 Å². The van der Waals surface area contributed by atoms with Crippen molar-refractivity contribution in [3.63, 3.8) is 0 Å². The topological polar surface area (TPSA) is 90.7 Å². The number of piperazine rings is 1. The molecule has 0 bridgehead atoms. The van der Waals surface area contributed by atoms with Crippen LogP contribution < -0.4 is 4.74 Å². The van der Waals surface area contributed by atoms with Crippen LogP contribution in [0, 0.1) is 11.3 Å². The second-order valence-electron chi connectivity index (χ2n) is 7.20. The lowest BCUT2D eigenvalue weighted by atomic mass is 10.0. The molecule has 1 heterocycles. The largest absolute Gasteiger partial charge is 0.496 e. The lowest BCUT2D eigenvalue weighted by Crippen LogP contribution is -2.50. The van der Waals surface area contributed by atoms with Gasteiger partial charge in [-0.25, -0.2) is 8.42 Å². The van der Waals surface area contributed by atoms with Crippen LogP contribution >= 0.6 is 0 Å². The maximum Gasteiger partial charge on any atom is 0.257 e. The fraction of sp³-hybridized carbons (Fsp3) is 0.217. The third-order valence-corrected chi connectivity index (χ3v) is 7.41. The molecular formula is C23H21N3O4S. The minimum atomic E-state index is -3.81. The Hall–Kier alpha value is -3.41. The summed E-state index contributed by atoms with van der Waals surface area (Å²) in [6, 6.07) is 19.4. The van der Waals surface area contributed by atoms with Crippen LogP contribution in [0.4, 0.5) is 0 Å². The van der Waals surface area contributed by atoms with Crippen LogP contribution in [0.5, 0.6) is 5.75 Å². The summed E-state index contributed by atoms with van der Waals surface area (Å²) in [4.78, 5) is 14.8. The molecule has 158 valence electrons. The number of fused-ring (bicyclic) bond motifs is 1. The molecule has 0 radical (unpaired) electrons. The van der Waals surface area contributed by atoms with Crippen molar-refractivity contribution in [2.45, 2.75) is 4.90 Å². The normalized spacial score (nSPS) is 14.9. The molecule has 1 aliphatic heterocycles. The second kappa shape index (κ2) is 8.38. The van der Waals surface area contributed by atoms with Crippen molar-refractivity contribution >= 4 is 26.7 Å². The molecule has 0 aromatic heterocycles. The van der Waals surface area contributed by atoms with E-state index in [1.54, 1.807) is 17.0 Å². The van der Waals surface area contributed by atoms with E-state index >= 15 is 0 Å². The van der Waals surface area contributed by atoms with Crippen molar-refractivity contribution in [3.8, 4) is 11.8 Å². The number of methoxy groups -OCH3 is 1. The van der Waals surface area contributed by atoms with Crippen molar-refractivity contribution in [2.75, 3.05) is 33.3 Å². The Labute approximate surface area is 181 Å². The monoisotopic (exact) mass is 435 g/mol. The zero-order valence-corrected chi connectivity index (χ0v) is 17.8. The Bertz CT molecular complexity index is 1290. The minimum absolute atomic E-state index is 0.00604. The van der Waals surface area contributed by atoms with Gasteiger partial charge in [0, 0.05) is 26.2 Å². The maximum absolute atomic E-state index is 13.2. The molecule has 0 aliphatic carbocycles. The standard InChI is InChI=1S/C23H21N3O4S/c1-30-21-15-18-7-3-2-6-17(18)14-20(21)23(27)25-10-12-26(13-11-25)31(28,29)22-9-5-4-8-19(22)16-24/h2-9,14-15H,10-13H2,1H3. The number of nitriles is 1. The highest BCUT2D eigenvalue weighted by Gasteiger charge is 2.32. The lowest BCUT2D eigenvalue weighted by Gasteiger charge is -2.34. The average molecular weight is 436 g/mol. The molecular weight excluding hydrogens is 414 g/mol. The Kier molecular flexibility index (Phi) is 5.63. The van der Waals surface area contributed by atoms with Gasteiger partial charge in [0.2, 0.25) is 10.0 Å². The number of carbonyl (C=O) groups is 1.